The lowest BCUT2D eigenvalue weighted by Crippen LogP contribution is -2.24. The molecule has 6 heteroatoms. The molecule has 1 aliphatic heterocycles. The standard InChI is InChI=1S/C17H16FNO3S/c18-13-3-5-14(6-4-13)23-9-1-8-19-17(20)12-2-7-15-16(10-12)22-11-21-15/h2-7,10H,1,8-9,11H2,(H,19,20). The molecule has 3 rings (SSSR count). The molecule has 0 unspecified atom stereocenters. The second-order valence-electron chi connectivity index (χ2n) is 4.98. The number of nitrogens with one attached hydrogen (secondary N) is 1. The minimum absolute atomic E-state index is 0.130. The quantitative estimate of drug-likeness (QED) is 0.649. The van der Waals surface area contributed by atoms with Gasteiger partial charge >= 0.3 is 0 Å². The minimum Gasteiger partial charge on any atom is -0.454 e. The Bertz CT molecular complexity index is 691. The maximum absolute atomic E-state index is 12.8. The zero-order valence-electron chi connectivity index (χ0n) is 12.4. The van der Waals surface area contributed by atoms with Crippen LogP contribution in [0, 0.1) is 5.82 Å². The first-order valence-corrected chi connectivity index (χ1v) is 8.27. The predicted molar refractivity (Wildman–Crippen MR) is 86.6 cm³/mol. The number of fused-ring (bicyclic) bond motifs is 1. The van der Waals surface area contributed by atoms with Crippen LogP contribution in [0.3, 0.4) is 0 Å². The molecule has 0 saturated heterocycles. The van der Waals surface area contributed by atoms with Gasteiger partial charge in [0.25, 0.3) is 5.91 Å². The summed E-state index contributed by atoms with van der Waals surface area (Å²) in [5.74, 6) is 1.76. The van der Waals surface area contributed by atoms with E-state index in [-0.39, 0.29) is 18.5 Å². The molecule has 120 valence electrons. The number of benzene rings is 2. The lowest BCUT2D eigenvalue weighted by molar-refractivity contribution is 0.0953. The highest BCUT2D eigenvalue weighted by molar-refractivity contribution is 7.99. The smallest absolute Gasteiger partial charge is 0.251 e. The van der Waals surface area contributed by atoms with E-state index in [4.69, 9.17) is 9.47 Å². The van der Waals surface area contributed by atoms with Crippen molar-refractivity contribution in [3.05, 3.63) is 53.8 Å². The van der Waals surface area contributed by atoms with Crippen molar-refractivity contribution in [3.63, 3.8) is 0 Å². The van der Waals surface area contributed by atoms with E-state index in [0.717, 1.165) is 17.1 Å². The van der Waals surface area contributed by atoms with Gasteiger partial charge in [-0.1, -0.05) is 0 Å². The van der Waals surface area contributed by atoms with E-state index >= 15 is 0 Å². The lowest BCUT2D eigenvalue weighted by Gasteiger charge is -2.06. The maximum Gasteiger partial charge on any atom is 0.251 e. The number of carbonyl (C=O) groups is 1. The summed E-state index contributed by atoms with van der Waals surface area (Å²) in [7, 11) is 0. The van der Waals surface area contributed by atoms with E-state index in [2.05, 4.69) is 5.32 Å². The predicted octanol–water partition coefficient (Wildman–Crippen LogP) is 3.47. The number of thioether (sulfide) groups is 1. The molecule has 0 radical (unpaired) electrons. The fraction of sp³-hybridized carbons (Fsp3) is 0.235. The van der Waals surface area contributed by atoms with Crippen LogP contribution < -0.4 is 14.8 Å². The van der Waals surface area contributed by atoms with Crippen LogP contribution in [0.5, 0.6) is 11.5 Å². The molecule has 0 spiro atoms. The SMILES string of the molecule is O=C(NCCCSc1ccc(F)cc1)c1ccc2c(c1)OCO2. The topological polar surface area (TPSA) is 47.6 Å². The average molecular weight is 333 g/mol. The van der Waals surface area contributed by atoms with Crippen LogP contribution in [-0.2, 0) is 0 Å². The highest BCUT2D eigenvalue weighted by Crippen LogP contribution is 2.32. The Morgan fingerprint density at radius 2 is 1.91 bits per heavy atom. The second-order valence-corrected chi connectivity index (χ2v) is 6.15. The number of amides is 1. The van der Waals surface area contributed by atoms with Crippen LogP contribution in [0.25, 0.3) is 0 Å². The van der Waals surface area contributed by atoms with E-state index in [1.807, 2.05) is 0 Å². The first-order valence-electron chi connectivity index (χ1n) is 7.28. The number of carbonyl (C=O) groups excluding carboxylic acids is 1. The van der Waals surface area contributed by atoms with Crippen molar-refractivity contribution in [2.75, 3.05) is 19.1 Å². The van der Waals surface area contributed by atoms with Gasteiger partial charge in [-0.25, -0.2) is 4.39 Å². The monoisotopic (exact) mass is 333 g/mol. The zero-order chi connectivity index (χ0) is 16.1. The normalized spacial score (nSPS) is 12.2. The first kappa shape index (κ1) is 15.7. The fourth-order valence-electron chi connectivity index (χ4n) is 2.13. The minimum atomic E-state index is -0.231. The van der Waals surface area contributed by atoms with E-state index in [1.165, 1.54) is 12.1 Å². The van der Waals surface area contributed by atoms with Gasteiger partial charge in [0.15, 0.2) is 11.5 Å². The van der Waals surface area contributed by atoms with Gasteiger partial charge in [-0.05, 0) is 54.6 Å². The Morgan fingerprint density at radius 1 is 1.13 bits per heavy atom. The summed E-state index contributed by atoms with van der Waals surface area (Å²) in [5, 5.41) is 2.88. The molecule has 23 heavy (non-hydrogen) atoms. The van der Waals surface area contributed by atoms with E-state index < -0.39 is 0 Å². The average Bonchev–Trinajstić information content (AvgIpc) is 3.03. The Morgan fingerprint density at radius 3 is 2.74 bits per heavy atom. The summed E-state index contributed by atoms with van der Waals surface area (Å²) >= 11 is 1.64. The van der Waals surface area contributed by atoms with Crippen LogP contribution in [0.1, 0.15) is 16.8 Å². The van der Waals surface area contributed by atoms with Gasteiger partial charge in [-0.2, -0.15) is 0 Å². The summed E-state index contributed by atoms with van der Waals surface area (Å²) in [6, 6.07) is 11.5. The molecule has 0 aliphatic carbocycles. The molecule has 0 fully saturated rings. The van der Waals surface area contributed by atoms with Crippen molar-refractivity contribution in [2.24, 2.45) is 0 Å². The third kappa shape index (κ3) is 4.16. The molecule has 1 N–H and O–H groups in total. The molecular weight excluding hydrogens is 317 g/mol. The van der Waals surface area contributed by atoms with Gasteiger partial charge in [0.1, 0.15) is 5.82 Å². The highest BCUT2D eigenvalue weighted by Gasteiger charge is 2.15. The van der Waals surface area contributed by atoms with Crippen LogP contribution >= 0.6 is 11.8 Å². The molecule has 0 atom stereocenters. The number of hydrogen-bond donors (Lipinski definition) is 1. The van der Waals surface area contributed by atoms with E-state index in [0.29, 0.717) is 23.6 Å². The maximum atomic E-state index is 12.8. The van der Waals surface area contributed by atoms with Crippen LogP contribution in [0.4, 0.5) is 4.39 Å². The van der Waals surface area contributed by atoms with Gasteiger partial charge in [0, 0.05) is 17.0 Å². The molecule has 4 nitrogen and oxygen atoms in total. The van der Waals surface area contributed by atoms with Gasteiger partial charge in [-0.3, -0.25) is 4.79 Å². The molecular formula is C17H16FNO3S. The van der Waals surface area contributed by atoms with Gasteiger partial charge in [-0.15, -0.1) is 11.8 Å². The van der Waals surface area contributed by atoms with Crippen LogP contribution in [-0.4, -0.2) is 25.0 Å². The van der Waals surface area contributed by atoms with Crippen LogP contribution in [0.15, 0.2) is 47.4 Å². The summed E-state index contributed by atoms with van der Waals surface area (Å²) in [6.45, 7) is 0.780. The van der Waals surface area contributed by atoms with Crippen molar-refractivity contribution in [2.45, 2.75) is 11.3 Å². The lowest BCUT2D eigenvalue weighted by atomic mass is 10.2. The Kier molecular flexibility index (Phi) is 5.02. The largest absolute Gasteiger partial charge is 0.454 e. The van der Waals surface area contributed by atoms with Crippen molar-refractivity contribution in [1.29, 1.82) is 0 Å². The summed E-state index contributed by atoms with van der Waals surface area (Å²) < 4.78 is 23.3. The highest BCUT2D eigenvalue weighted by atomic mass is 32.2. The van der Waals surface area contributed by atoms with Crippen molar-refractivity contribution in [1.82, 2.24) is 5.32 Å². The molecule has 0 bridgehead atoms. The molecule has 2 aromatic carbocycles. The van der Waals surface area contributed by atoms with Crippen LogP contribution in [0.2, 0.25) is 0 Å². The van der Waals surface area contributed by atoms with Gasteiger partial charge in [0.05, 0.1) is 0 Å². The summed E-state index contributed by atoms with van der Waals surface area (Å²) in [5.41, 5.74) is 0.556. The number of hydrogen-bond acceptors (Lipinski definition) is 4. The first-order chi connectivity index (χ1) is 11.2. The molecule has 1 amide bonds. The second kappa shape index (κ2) is 7.37. The Labute approximate surface area is 138 Å². The molecule has 0 aromatic heterocycles. The van der Waals surface area contributed by atoms with Crippen molar-refractivity contribution >= 4 is 17.7 Å². The fourth-order valence-corrected chi connectivity index (χ4v) is 2.99. The van der Waals surface area contributed by atoms with Crippen molar-refractivity contribution in [3.8, 4) is 11.5 Å². The zero-order valence-corrected chi connectivity index (χ0v) is 13.2. The van der Waals surface area contributed by atoms with E-state index in [9.17, 15) is 9.18 Å². The van der Waals surface area contributed by atoms with Gasteiger partial charge in [0.2, 0.25) is 6.79 Å². The summed E-state index contributed by atoms with van der Waals surface area (Å²) in [4.78, 5) is 13.1. The molecule has 0 saturated carbocycles. The van der Waals surface area contributed by atoms with Crippen molar-refractivity contribution < 1.29 is 18.7 Å². The molecule has 1 heterocycles. The summed E-state index contributed by atoms with van der Waals surface area (Å²) in [6.07, 6.45) is 0.832. The van der Waals surface area contributed by atoms with Gasteiger partial charge < -0.3 is 14.8 Å². The Balaban J connectivity index is 1.40. The number of ether oxygens (including phenoxy) is 2. The number of halogens is 1. The molecule has 1 aliphatic rings. The molecule has 2 aromatic rings. The number of rotatable bonds is 6. The van der Waals surface area contributed by atoms with E-state index in [1.54, 1.807) is 42.1 Å². The third-order valence-electron chi connectivity index (χ3n) is 3.32. The third-order valence-corrected chi connectivity index (χ3v) is 4.42. The Hall–Kier alpha value is -2.21.